The zero-order chi connectivity index (χ0) is 12.3. The van der Waals surface area contributed by atoms with Gasteiger partial charge in [0.15, 0.2) is 11.6 Å². The molecule has 2 N–H and O–H groups in total. The molecule has 2 rings (SSSR count). The maximum absolute atomic E-state index is 13.2. The van der Waals surface area contributed by atoms with Crippen molar-refractivity contribution >= 4 is 24.0 Å². The predicted molar refractivity (Wildman–Crippen MR) is 69.9 cm³/mol. The molecule has 1 aliphatic rings. The Morgan fingerprint density at radius 2 is 2.33 bits per heavy atom. The average molecular weight is 275 g/mol. The van der Waals surface area contributed by atoms with E-state index >= 15 is 0 Å². The van der Waals surface area contributed by atoms with Crippen LogP contribution in [-0.2, 0) is 4.79 Å². The van der Waals surface area contributed by atoms with Gasteiger partial charge in [-0.15, -0.1) is 12.4 Å². The molecule has 0 bridgehead atoms. The Bertz CT molecular complexity index is 423. The summed E-state index contributed by atoms with van der Waals surface area (Å²) in [5, 5.41) is 5.84. The molecule has 0 radical (unpaired) electrons. The van der Waals surface area contributed by atoms with E-state index in [2.05, 4.69) is 10.6 Å². The molecule has 1 amide bonds. The largest absolute Gasteiger partial charge is 0.494 e. The van der Waals surface area contributed by atoms with Crippen molar-refractivity contribution in [2.24, 2.45) is 0 Å². The average Bonchev–Trinajstić information content (AvgIpc) is 2.85. The first-order valence-corrected chi connectivity index (χ1v) is 5.58. The minimum atomic E-state index is -0.440. The quantitative estimate of drug-likeness (QED) is 0.886. The van der Waals surface area contributed by atoms with Crippen molar-refractivity contribution in [1.29, 1.82) is 0 Å². The third-order valence-electron chi connectivity index (χ3n) is 2.80. The summed E-state index contributed by atoms with van der Waals surface area (Å²) in [6.45, 7) is 0.866. The van der Waals surface area contributed by atoms with Gasteiger partial charge in [0.1, 0.15) is 0 Å². The maximum atomic E-state index is 13.2. The molecule has 0 unspecified atom stereocenters. The molecule has 1 aromatic carbocycles. The van der Waals surface area contributed by atoms with E-state index in [9.17, 15) is 9.18 Å². The normalized spacial score (nSPS) is 18.0. The van der Waals surface area contributed by atoms with E-state index in [4.69, 9.17) is 4.74 Å². The van der Waals surface area contributed by atoms with Crippen LogP contribution in [0.1, 0.15) is 12.8 Å². The second-order valence-electron chi connectivity index (χ2n) is 3.99. The van der Waals surface area contributed by atoms with Gasteiger partial charge in [-0.2, -0.15) is 0 Å². The Morgan fingerprint density at radius 1 is 1.56 bits per heavy atom. The fraction of sp³-hybridized carbons (Fsp3) is 0.417. The van der Waals surface area contributed by atoms with Gasteiger partial charge in [-0.3, -0.25) is 4.79 Å². The van der Waals surface area contributed by atoms with E-state index < -0.39 is 5.82 Å². The van der Waals surface area contributed by atoms with Gasteiger partial charge in [0.25, 0.3) is 0 Å². The third-order valence-corrected chi connectivity index (χ3v) is 2.80. The molecular formula is C12H16ClFN2O2. The minimum Gasteiger partial charge on any atom is -0.494 e. The maximum Gasteiger partial charge on any atom is 0.241 e. The molecule has 1 aromatic rings. The summed E-state index contributed by atoms with van der Waals surface area (Å²) < 4.78 is 18.0. The lowest BCUT2D eigenvalue weighted by molar-refractivity contribution is -0.117. The number of hydrogen-bond donors (Lipinski definition) is 2. The van der Waals surface area contributed by atoms with Crippen molar-refractivity contribution in [3.63, 3.8) is 0 Å². The van der Waals surface area contributed by atoms with Crippen LogP contribution in [0.3, 0.4) is 0 Å². The summed E-state index contributed by atoms with van der Waals surface area (Å²) in [6, 6.07) is 4.12. The van der Waals surface area contributed by atoms with Crippen LogP contribution in [0, 0.1) is 5.82 Å². The van der Waals surface area contributed by atoms with Gasteiger partial charge < -0.3 is 15.4 Å². The standard InChI is InChI=1S/C12H15FN2O2.ClH/c1-17-11-7-8(4-5-9(11)13)15-12(16)10-3-2-6-14-10;/h4-5,7,10,14H,2-3,6H2,1H3,(H,15,16);1H/t10-;/m0./s1. The van der Waals surface area contributed by atoms with Gasteiger partial charge in [0, 0.05) is 11.8 Å². The fourth-order valence-electron chi connectivity index (χ4n) is 1.88. The number of rotatable bonds is 3. The highest BCUT2D eigenvalue weighted by atomic mass is 35.5. The minimum absolute atomic E-state index is 0. The molecule has 0 saturated carbocycles. The second kappa shape index (κ2) is 6.56. The summed E-state index contributed by atoms with van der Waals surface area (Å²) in [5.74, 6) is -0.400. The molecule has 1 saturated heterocycles. The van der Waals surface area contributed by atoms with Crippen LogP contribution >= 0.6 is 12.4 Å². The van der Waals surface area contributed by atoms with E-state index in [0.29, 0.717) is 5.69 Å². The van der Waals surface area contributed by atoms with Gasteiger partial charge in [0.05, 0.1) is 13.2 Å². The molecule has 6 heteroatoms. The Morgan fingerprint density at radius 3 is 2.94 bits per heavy atom. The van der Waals surface area contributed by atoms with Gasteiger partial charge >= 0.3 is 0 Å². The highest BCUT2D eigenvalue weighted by molar-refractivity contribution is 5.95. The van der Waals surface area contributed by atoms with Crippen molar-refractivity contribution in [3.05, 3.63) is 24.0 Å². The van der Waals surface area contributed by atoms with Crippen molar-refractivity contribution in [3.8, 4) is 5.75 Å². The van der Waals surface area contributed by atoms with Crippen LogP contribution < -0.4 is 15.4 Å². The summed E-state index contributed by atoms with van der Waals surface area (Å²) in [4.78, 5) is 11.8. The zero-order valence-electron chi connectivity index (χ0n) is 10.0. The Labute approximate surface area is 111 Å². The van der Waals surface area contributed by atoms with Gasteiger partial charge in [-0.25, -0.2) is 4.39 Å². The van der Waals surface area contributed by atoms with Gasteiger partial charge in [-0.1, -0.05) is 0 Å². The number of hydrogen-bond acceptors (Lipinski definition) is 3. The van der Waals surface area contributed by atoms with Gasteiger partial charge in [0.2, 0.25) is 5.91 Å². The van der Waals surface area contributed by atoms with Crippen LogP contribution in [0.5, 0.6) is 5.75 Å². The summed E-state index contributed by atoms with van der Waals surface area (Å²) in [7, 11) is 1.39. The fourth-order valence-corrected chi connectivity index (χ4v) is 1.88. The van der Waals surface area contributed by atoms with Crippen LogP contribution in [0.25, 0.3) is 0 Å². The van der Waals surface area contributed by atoms with Gasteiger partial charge in [-0.05, 0) is 31.5 Å². The topological polar surface area (TPSA) is 50.4 Å². The molecule has 1 atom stereocenters. The lowest BCUT2D eigenvalue weighted by Gasteiger charge is -2.12. The lowest BCUT2D eigenvalue weighted by atomic mass is 10.2. The zero-order valence-corrected chi connectivity index (χ0v) is 10.8. The summed E-state index contributed by atoms with van der Waals surface area (Å²) in [5.41, 5.74) is 0.543. The molecule has 1 heterocycles. The number of methoxy groups -OCH3 is 1. The number of carbonyl (C=O) groups is 1. The van der Waals surface area contributed by atoms with E-state index in [-0.39, 0.29) is 30.1 Å². The molecule has 1 fully saturated rings. The van der Waals surface area contributed by atoms with E-state index in [1.54, 1.807) is 0 Å². The van der Waals surface area contributed by atoms with E-state index in [0.717, 1.165) is 19.4 Å². The van der Waals surface area contributed by atoms with Crippen molar-refractivity contribution in [1.82, 2.24) is 5.32 Å². The van der Waals surface area contributed by atoms with Crippen LogP contribution in [0.2, 0.25) is 0 Å². The van der Waals surface area contributed by atoms with E-state index in [1.807, 2.05) is 0 Å². The third kappa shape index (κ3) is 3.34. The number of carbonyl (C=O) groups excluding carboxylic acids is 1. The SMILES string of the molecule is COc1cc(NC(=O)[C@@H]2CCCN2)ccc1F.Cl. The molecule has 4 nitrogen and oxygen atoms in total. The lowest BCUT2D eigenvalue weighted by Crippen LogP contribution is -2.35. The molecule has 0 aromatic heterocycles. The summed E-state index contributed by atoms with van der Waals surface area (Å²) >= 11 is 0. The number of anilines is 1. The number of ether oxygens (including phenoxy) is 1. The monoisotopic (exact) mass is 274 g/mol. The molecule has 1 aliphatic heterocycles. The highest BCUT2D eigenvalue weighted by Gasteiger charge is 2.22. The molecule has 0 aliphatic carbocycles. The Hall–Kier alpha value is -1.33. The number of nitrogens with one attached hydrogen (secondary N) is 2. The number of amides is 1. The van der Waals surface area contributed by atoms with Crippen molar-refractivity contribution in [2.45, 2.75) is 18.9 Å². The predicted octanol–water partition coefficient (Wildman–Crippen LogP) is 1.95. The highest BCUT2D eigenvalue weighted by Crippen LogP contribution is 2.21. The number of halogens is 2. The van der Waals surface area contributed by atoms with Crippen LogP contribution in [0.4, 0.5) is 10.1 Å². The first-order valence-electron chi connectivity index (χ1n) is 5.58. The molecular weight excluding hydrogens is 259 g/mol. The Balaban J connectivity index is 0.00000162. The van der Waals surface area contributed by atoms with Crippen LogP contribution in [0.15, 0.2) is 18.2 Å². The van der Waals surface area contributed by atoms with E-state index in [1.165, 1.54) is 25.3 Å². The second-order valence-corrected chi connectivity index (χ2v) is 3.99. The first-order chi connectivity index (χ1) is 8.20. The smallest absolute Gasteiger partial charge is 0.241 e. The molecule has 18 heavy (non-hydrogen) atoms. The number of benzene rings is 1. The molecule has 0 spiro atoms. The summed E-state index contributed by atoms with van der Waals surface area (Å²) in [6.07, 6.45) is 1.84. The molecule has 100 valence electrons. The first kappa shape index (κ1) is 14.7. The van der Waals surface area contributed by atoms with Crippen LogP contribution in [-0.4, -0.2) is 25.6 Å². The Kier molecular flexibility index (Phi) is 5.37. The van der Waals surface area contributed by atoms with Crippen molar-refractivity contribution in [2.75, 3.05) is 19.0 Å². The van der Waals surface area contributed by atoms with Crippen molar-refractivity contribution < 1.29 is 13.9 Å².